The van der Waals surface area contributed by atoms with Gasteiger partial charge in [0, 0.05) is 5.92 Å². The highest BCUT2D eigenvalue weighted by atomic mass is 19.1. The summed E-state index contributed by atoms with van der Waals surface area (Å²) in [5, 5.41) is 19.5. The summed E-state index contributed by atoms with van der Waals surface area (Å²) in [6, 6.07) is 8.94. The molecule has 8 atom stereocenters. The van der Waals surface area contributed by atoms with Crippen molar-refractivity contribution in [3.8, 4) is 11.8 Å². The molecule has 4 aliphatic rings. The first-order valence-electron chi connectivity index (χ1n) is 12.7. The van der Waals surface area contributed by atoms with Gasteiger partial charge in [-0.3, -0.25) is 4.79 Å². The van der Waals surface area contributed by atoms with Crippen molar-refractivity contribution in [3.05, 3.63) is 29.8 Å². The molecular weight excluding hydrogens is 417 g/mol. The zero-order valence-electron chi connectivity index (χ0n) is 19.9. The average molecular weight is 454 g/mol. The van der Waals surface area contributed by atoms with Crippen molar-refractivity contribution in [2.24, 2.45) is 35.0 Å². The fraction of sp³-hybridized carbons (Fsp3) is 0.714. The third-order valence-electron chi connectivity index (χ3n) is 10.1. The van der Waals surface area contributed by atoms with E-state index in [-0.39, 0.29) is 35.6 Å². The predicted molar refractivity (Wildman–Crippen MR) is 123 cm³/mol. The SMILES string of the molecule is C[C@@]1(O)CC[C@@]2(F)[C@H](CC[C@H]3[C@@H]4CC[C@H](C(=O)COc5ccc(C#N)cc5)[C@@]4(C)CC[C@@H]32)C1. The van der Waals surface area contributed by atoms with Crippen LogP contribution in [0, 0.1) is 46.3 Å². The third kappa shape index (κ3) is 3.79. The van der Waals surface area contributed by atoms with Crippen LogP contribution in [0.3, 0.4) is 0 Å². The lowest BCUT2D eigenvalue weighted by atomic mass is 9.48. The fourth-order valence-electron chi connectivity index (χ4n) is 8.39. The molecule has 0 heterocycles. The summed E-state index contributed by atoms with van der Waals surface area (Å²) in [7, 11) is 0. The number of nitriles is 1. The molecule has 0 spiro atoms. The van der Waals surface area contributed by atoms with Gasteiger partial charge in [0.05, 0.1) is 17.2 Å². The van der Waals surface area contributed by atoms with Crippen LogP contribution in [0.5, 0.6) is 5.75 Å². The summed E-state index contributed by atoms with van der Waals surface area (Å²) in [5.41, 5.74) is -1.38. The molecule has 1 aromatic rings. The van der Waals surface area contributed by atoms with Crippen LogP contribution in [0.4, 0.5) is 4.39 Å². The highest BCUT2D eigenvalue weighted by Gasteiger charge is 2.63. The van der Waals surface area contributed by atoms with E-state index in [1.165, 1.54) is 0 Å². The van der Waals surface area contributed by atoms with Gasteiger partial charge in [0.2, 0.25) is 0 Å². The number of nitrogens with zero attached hydrogens (tertiary/aromatic N) is 1. The number of ketones is 1. The molecule has 0 aliphatic heterocycles. The quantitative estimate of drug-likeness (QED) is 0.642. The van der Waals surface area contributed by atoms with Gasteiger partial charge >= 0.3 is 0 Å². The molecule has 1 N–H and O–H groups in total. The molecule has 4 nitrogen and oxygen atoms in total. The molecule has 1 aromatic carbocycles. The van der Waals surface area contributed by atoms with Crippen molar-refractivity contribution in [3.63, 3.8) is 0 Å². The maximum absolute atomic E-state index is 16.5. The Kier molecular flexibility index (Phi) is 5.59. The van der Waals surface area contributed by atoms with E-state index in [0.29, 0.717) is 42.4 Å². The second kappa shape index (κ2) is 8.08. The van der Waals surface area contributed by atoms with Crippen LogP contribution in [0.1, 0.15) is 77.2 Å². The summed E-state index contributed by atoms with van der Waals surface area (Å²) in [4.78, 5) is 13.2. The molecule has 5 rings (SSSR count). The van der Waals surface area contributed by atoms with Crippen LogP contribution in [-0.4, -0.2) is 28.8 Å². The van der Waals surface area contributed by atoms with Crippen molar-refractivity contribution in [2.45, 2.75) is 82.9 Å². The monoisotopic (exact) mass is 453 g/mol. The van der Waals surface area contributed by atoms with Crippen LogP contribution in [0.2, 0.25) is 0 Å². The maximum atomic E-state index is 16.5. The molecule has 178 valence electrons. The molecule has 4 aliphatic carbocycles. The van der Waals surface area contributed by atoms with E-state index in [4.69, 9.17) is 10.00 Å². The minimum Gasteiger partial charge on any atom is -0.486 e. The molecule has 33 heavy (non-hydrogen) atoms. The third-order valence-corrected chi connectivity index (χ3v) is 10.1. The number of hydrogen-bond donors (Lipinski definition) is 1. The summed E-state index contributed by atoms with van der Waals surface area (Å²) in [5.74, 6) is 1.54. The molecule has 0 unspecified atom stereocenters. The second-order valence-electron chi connectivity index (χ2n) is 11.8. The number of hydrogen-bond acceptors (Lipinski definition) is 4. The normalized spacial score (nSPS) is 44.2. The summed E-state index contributed by atoms with van der Waals surface area (Å²) in [6.45, 7) is 4.19. The Balaban J connectivity index is 1.27. The van der Waals surface area contributed by atoms with Gasteiger partial charge in [-0.05, 0) is 118 Å². The minimum atomic E-state index is -1.15. The Morgan fingerprint density at radius 1 is 1.09 bits per heavy atom. The van der Waals surface area contributed by atoms with Gasteiger partial charge in [-0.15, -0.1) is 0 Å². The molecule has 5 heteroatoms. The molecule has 0 saturated heterocycles. The standard InChI is InChI=1S/C28H36FNO3/c1-26(32)13-14-28(29)19(15-26)5-8-21-22-9-10-24(27(22,2)12-11-23(21)28)25(31)17-33-20-6-3-18(16-30)4-7-20/h3-4,6-7,19,21-24,32H,5,8-15,17H2,1-2H3/t19-,21+,22+,23+,24-,26-,27+,28-/m1/s1. The van der Waals surface area contributed by atoms with Gasteiger partial charge in [-0.1, -0.05) is 6.92 Å². The molecule has 4 saturated carbocycles. The van der Waals surface area contributed by atoms with Gasteiger partial charge in [0.15, 0.2) is 5.78 Å². The second-order valence-corrected chi connectivity index (χ2v) is 11.8. The molecule has 0 radical (unpaired) electrons. The number of fused-ring (bicyclic) bond motifs is 5. The van der Waals surface area contributed by atoms with E-state index in [1.54, 1.807) is 24.3 Å². The zero-order valence-corrected chi connectivity index (χ0v) is 19.9. The number of alkyl halides is 1. The van der Waals surface area contributed by atoms with Crippen LogP contribution in [-0.2, 0) is 4.79 Å². The smallest absolute Gasteiger partial charge is 0.173 e. The molecule has 0 amide bonds. The number of Topliss-reactive ketones (excluding diaryl/α,β-unsaturated/α-hetero) is 1. The Bertz CT molecular complexity index is 953. The first-order valence-corrected chi connectivity index (χ1v) is 12.7. The lowest BCUT2D eigenvalue weighted by molar-refractivity contribution is -0.166. The Morgan fingerprint density at radius 3 is 2.58 bits per heavy atom. The first-order chi connectivity index (χ1) is 15.7. The van der Waals surface area contributed by atoms with Crippen molar-refractivity contribution in [2.75, 3.05) is 6.61 Å². The largest absolute Gasteiger partial charge is 0.486 e. The van der Waals surface area contributed by atoms with E-state index < -0.39 is 11.3 Å². The Labute approximate surface area is 196 Å². The van der Waals surface area contributed by atoms with Crippen molar-refractivity contribution < 1.29 is 19.0 Å². The van der Waals surface area contributed by atoms with E-state index >= 15 is 4.39 Å². The predicted octanol–water partition coefficient (Wildman–Crippen LogP) is 5.62. The van der Waals surface area contributed by atoms with Crippen molar-refractivity contribution in [1.82, 2.24) is 0 Å². The van der Waals surface area contributed by atoms with Crippen LogP contribution < -0.4 is 4.74 Å². The number of aliphatic hydroxyl groups is 1. The number of carbonyl (C=O) groups is 1. The Hall–Kier alpha value is -1.93. The van der Waals surface area contributed by atoms with Crippen LogP contribution in [0.25, 0.3) is 0 Å². The molecular formula is C28H36FNO3. The molecule has 0 aromatic heterocycles. The summed E-state index contributed by atoms with van der Waals surface area (Å²) < 4.78 is 22.3. The summed E-state index contributed by atoms with van der Waals surface area (Å²) in [6.07, 6.45) is 7.15. The highest BCUT2D eigenvalue weighted by Crippen LogP contribution is 2.66. The van der Waals surface area contributed by atoms with E-state index in [2.05, 4.69) is 13.0 Å². The van der Waals surface area contributed by atoms with Crippen LogP contribution >= 0.6 is 0 Å². The van der Waals surface area contributed by atoms with Gasteiger partial charge in [0.25, 0.3) is 0 Å². The van der Waals surface area contributed by atoms with Crippen molar-refractivity contribution >= 4 is 5.78 Å². The molecule has 0 bridgehead atoms. The topological polar surface area (TPSA) is 70.3 Å². The zero-order chi connectivity index (χ0) is 23.4. The number of ether oxygens (including phenoxy) is 1. The van der Waals surface area contributed by atoms with Gasteiger partial charge in [0.1, 0.15) is 18.0 Å². The minimum absolute atomic E-state index is 0.0218. The number of rotatable bonds is 4. The fourth-order valence-corrected chi connectivity index (χ4v) is 8.39. The van der Waals surface area contributed by atoms with Gasteiger partial charge in [-0.25, -0.2) is 4.39 Å². The maximum Gasteiger partial charge on any atom is 0.173 e. The number of halogens is 1. The number of carbonyl (C=O) groups excluding carboxylic acids is 1. The lowest BCUT2D eigenvalue weighted by Gasteiger charge is -2.59. The Morgan fingerprint density at radius 2 is 1.85 bits per heavy atom. The van der Waals surface area contributed by atoms with Crippen molar-refractivity contribution in [1.29, 1.82) is 5.26 Å². The lowest BCUT2D eigenvalue weighted by Crippen LogP contribution is -2.58. The van der Waals surface area contributed by atoms with Crippen LogP contribution in [0.15, 0.2) is 24.3 Å². The van der Waals surface area contributed by atoms with E-state index in [0.717, 1.165) is 38.5 Å². The summed E-state index contributed by atoms with van der Waals surface area (Å²) >= 11 is 0. The molecule has 4 fully saturated rings. The highest BCUT2D eigenvalue weighted by molar-refractivity contribution is 5.83. The number of benzene rings is 1. The van der Waals surface area contributed by atoms with Gasteiger partial charge < -0.3 is 9.84 Å². The van der Waals surface area contributed by atoms with E-state index in [9.17, 15) is 9.90 Å². The average Bonchev–Trinajstić information content (AvgIpc) is 3.15. The first kappa shape index (κ1) is 22.8. The van der Waals surface area contributed by atoms with Gasteiger partial charge in [-0.2, -0.15) is 5.26 Å². The van der Waals surface area contributed by atoms with E-state index in [1.807, 2.05) is 6.92 Å².